The molecule has 2 aromatic carbocycles. The van der Waals surface area contributed by atoms with E-state index in [1.165, 1.54) is 48.5 Å². The van der Waals surface area contributed by atoms with E-state index in [1.54, 1.807) is 6.07 Å². The van der Waals surface area contributed by atoms with Crippen LogP contribution in [0, 0.1) is 10.1 Å². The van der Waals surface area contributed by atoms with Crippen LogP contribution >= 0.6 is 0 Å². The molecule has 0 bridgehead atoms. The molecule has 2 amide bonds. The van der Waals surface area contributed by atoms with Crippen molar-refractivity contribution in [2.75, 3.05) is 14.1 Å². The van der Waals surface area contributed by atoms with Gasteiger partial charge in [-0.05, 0) is 17.7 Å². The molecule has 1 aliphatic heterocycles. The van der Waals surface area contributed by atoms with E-state index < -0.39 is 40.6 Å². The summed E-state index contributed by atoms with van der Waals surface area (Å²) in [5, 5.41) is 11.2. The summed E-state index contributed by atoms with van der Waals surface area (Å²) in [6.45, 7) is 0. The van der Waals surface area contributed by atoms with Gasteiger partial charge in [-0.3, -0.25) is 19.7 Å². The van der Waals surface area contributed by atoms with E-state index in [1.807, 2.05) is 0 Å². The van der Waals surface area contributed by atoms with Crippen LogP contribution in [0.4, 0.5) is 18.9 Å². The summed E-state index contributed by atoms with van der Waals surface area (Å²) in [7, 11) is 1.97. The number of piperazine rings is 1. The molecule has 7 nitrogen and oxygen atoms in total. The van der Waals surface area contributed by atoms with Crippen LogP contribution in [0.1, 0.15) is 11.1 Å². The van der Waals surface area contributed by atoms with Gasteiger partial charge in [0.2, 0.25) is 5.54 Å². The van der Waals surface area contributed by atoms with Gasteiger partial charge in [-0.25, -0.2) is 0 Å². The van der Waals surface area contributed by atoms with Crippen molar-refractivity contribution < 1.29 is 27.7 Å². The lowest BCUT2D eigenvalue weighted by molar-refractivity contribution is -0.385. The molecular weight excluding hydrogens is 415 g/mol. The van der Waals surface area contributed by atoms with E-state index in [9.17, 15) is 32.9 Å². The van der Waals surface area contributed by atoms with Gasteiger partial charge in [0.25, 0.3) is 17.5 Å². The standard InChI is InChI=1S/C21H18F3N3O4/c1-25-17(12-15-10-6-7-11-16(15)27(30)31)18(28)26(2)20(19(25)29,21(22,23)24)13-14-8-4-3-5-9-14/h3-12H,13H2,1-2H3/b17-12-. The van der Waals surface area contributed by atoms with Crippen LogP contribution in [0.15, 0.2) is 60.3 Å². The summed E-state index contributed by atoms with van der Waals surface area (Å²) in [5.41, 5.74) is -3.63. The Morgan fingerprint density at radius 1 is 1.03 bits per heavy atom. The van der Waals surface area contributed by atoms with Crippen molar-refractivity contribution in [1.29, 1.82) is 0 Å². The van der Waals surface area contributed by atoms with Gasteiger partial charge < -0.3 is 9.80 Å². The van der Waals surface area contributed by atoms with Crippen LogP contribution in [0.25, 0.3) is 6.08 Å². The fourth-order valence-electron chi connectivity index (χ4n) is 3.60. The molecule has 1 fully saturated rings. The predicted molar refractivity (Wildman–Crippen MR) is 106 cm³/mol. The normalized spacial score (nSPS) is 21.0. The van der Waals surface area contributed by atoms with E-state index in [0.717, 1.165) is 20.2 Å². The second-order valence-electron chi connectivity index (χ2n) is 7.09. The lowest BCUT2D eigenvalue weighted by Gasteiger charge is -2.48. The number of amides is 2. The number of benzene rings is 2. The van der Waals surface area contributed by atoms with Gasteiger partial charge in [0.05, 0.1) is 10.5 Å². The molecule has 162 valence electrons. The topological polar surface area (TPSA) is 83.8 Å². The lowest BCUT2D eigenvalue weighted by Crippen LogP contribution is -2.72. The average molecular weight is 433 g/mol. The lowest BCUT2D eigenvalue weighted by atomic mass is 9.84. The molecule has 0 aromatic heterocycles. The molecule has 2 aromatic rings. The Morgan fingerprint density at radius 3 is 2.19 bits per heavy atom. The smallest absolute Gasteiger partial charge is 0.318 e. The minimum atomic E-state index is -5.07. The van der Waals surface area contributed by atoms with Crippen LogP contribution in [0.5, 0.6) is 0 Å². The Labute approximate surface area is 175 Å². The van der Waals surface area contributed by atoms with Gasteiger partial charge in [-0.2, -0.15) is 13.2 Å². The summed E-state index contributed by atoms with van der Waals surface area (Å²) in [5.74, 6) is -2.43. The first-order valence-electron chi connectivity index (χ1n) is 9.13. The Hall–Kier alpha value is -3.69. The number of nitrogens with zero attached hydrogens (tertiary/aromatic N) is 3. The number of hydrogen-bond donors (Lipinski definition) is 0. The highest BCUT2D eigenvalue weighted by atomic mass is 19.4. The van der Waals surface area contributed by atoms with Gasteiger partial charge in [0.1, 0.15) is 5.70 Å². The molecule has 0 spiro atoms. The Bertz CT molecular complexity index is 1070. The Kier molecular flexibility index (Phi) is 5.58. The van der Waals surface area contributed by atoms with Crippen molar-refractivity contribution in [3.8, 4) is 0 Å². The highest BCUT2D eigenvalue weighted by Gasteiger charge is 2.67. The highest BCUT2D eigenvalue weighted by Crippen LogP contribution is 2.43. The molecular formula is C21H18F3N3O4. The van der Waals surface area contributed by atoms with Gasteiger partial charge in [0.15, 0.2) is 0 Å². The molecule has 0 aliphatic carbocycles. The van der Waals surface area contributed by atoms with Gasteiger partial charge in [0, 0.05) is 26.6 Å². The summed E-state index contributed by atoms with van der Waals surface area (Å²) in [6.07, 6.45) is -4.78. The molecule has 0 radical (unpaired) electrons. The van der Waals surface area contributed by atoms with Crippen molar-refractivity contribution >= 4 is 23.6 Å². The van der Waals surface area contributed by atoms with Crippen molar-refractivity contribution in [3.63, 3.8) is 0 Å². The van der Waals surface area contributed by atoms with Gasteiger partial charge in [-0.15, -0.1) is 0 Å². The number of nitro groups is 1. The molecule has 1 unspecified atom stereocenters. The number of alkyl halides is 3. The molecule has 1 saturated heterocycles. The number of carbonyl (C=O) groups is 2. The first-order chi connectivity index (χ1) is 14.5. The number of carbonyl (C=O) groups excluding carboxylic acids is 2. The van der Waals surface area contributed by atoms with Crippen molar-refractivity contribution in [2.45, 2.75) is 18.1 Å². The fraction of sp³-hybridized carbons (Fsp3) is 0.238. The molecule has 0 saturated carbocycles. The second kappa shape index (κ2) is 7.86. The Balaban J connectivity index is 2.13. The molecule has 10 heteroatoms. The quantitative estimate of drug-likeness (QED) is 0.420. The molecule has 31 heavy (non-hydrogen) atoms. The third-order valence-electron chi connectivity index (χ3n) is 5.31. The third kappa shape index (κ3) is 3.65. The van der Waals surface area contributed by atoms with E-state index >= 15 is 0 Å². The van der Waals surface area contributed by atoms with E-state index in [2.05, 4.69) is 0 Å². The van der Waals surface area contributed by atoms with E-state index in [-0.39, 0.29) is 16.8 Å². The summed E-state index contributed by atoms with van der Waals surface area (Å²) in [6, 6.07) is 13.0. The van der Waals surface area contributed by atoms with Crippen molar-refractivity contribution in [2.24, 2.45) is 0 Å². The number of likely N-dealkylation sites (N-methyl/N-ethyl adjacent to an activating group) is 2. The number of rotatable bonds is 4. The van der Waals surface area contributed by atoms with Crippen LogP contribution < -0.4 is 0 Å². The molecule has 3 rings (SSSR count). The SMILES string of the molecule is CN1C(=O)C(Cc2ccccc2)(C(F)(F)F)N(C)C(=O)/C1=C/c1ccccc1[N+](=O)[O-]. The summed E-state index contributed by atoms with van der Waals surface area (Å²) < 4.78 is 42.9. The first kappa shape index (κ1) is 22.0. The maximum atomic E-state index is 14.3. The van der Waals surface area contributed by atoms with Crippen LogP contribution in [-0.4, -0.2) is 52.3 Å². The monoisotopic (exact) mass is 433 g/mol. The predicted octanol–water partition coefficient (Wildman–Crippen LogP) is 3.41. The number of halogens is 3. The zero-order valence-electron chi connectivity index (χ0n) is 16.6. The van der Waals surface area contributed by atoms with Gasteiger partial charge in [-0.1, -0.05) is 42.5 Å². The zero-order valence-corrected chi connectivity index (χ0v) is 16.6. The fourth-order valence-corrected chi connectivity index (χ4v) is 3.60. The van der Waals surface area contributed by atoms with Crippen LogP contribution in [0.2, 0.25) is 0 Å². The maximum Gasteiger partial charge on any atom is 0.421 e. The summed E-state index contributed by atoms with van der Waals surface area (Å²) in [4.78, 5) is 37.7. The largest absolute Gasteiger partial charge is 0.421 e. The van der Waals surface area contributed by atoms with Crippen molar-refractivity contribution in [3.05, 3.63) is 81.5 Å². The zero-order chi connectivity index (χ0) is 23.0. The van der Waals surface area contributed by atoms with Gasteiger partial charge >= 0.3 is 6.18 Å². The van der Waals surface area contributed by atoms with Crippen LogP contribution in [-0.2, 0) is 16.0 Å². The molecule has 1 heterocycles. The third-order valence-corrected chi connectivity index (χ3v) is 5.31. The second-order valence-corrected chi connectivity index (χ2v) is 7.09. The number of nitro benzene ring substituents is 1. The minimum Gasteiger partial charge on any atom is -0.318 e. The van der Waals surface area contributed by atoms with Crippen LogP contribution in [0.3, 0.4) is 0 Å². The van der Waals surface area contributed by atoms with E-state index in [0.29, 0.717) is 9.80 Å². The van der Waals surface area contributed by atoms with Crippen molar-refractivity contribution in [1.82, 2.24) is 9.80 Å². The number of hydrogen-bond acceptors (Lipinski definition) is 4. The number of para-hydroxylation sites is 1. The molecule has 1 aliphatic rings. The molecule has 1 atom stereocenters. The highest BCUT2D eigenvalue weighted by molar-refractivity contribution is 6.09. The van der Waals surface area contributed by atoms with E-state index in [4.69, 9.17) is 0 Å². The average Bonchev–Trinajstić information content (AvgIpc) is 2.73. The maximum absolute atomic E-state index is 14.3. The Morgan fingerprint density at radius 2 is 1.61 bits per heavy atom. The first-order valence-corrected chi connectivity index (χ1v) is 9.13. The molecule has 0 N–H and O–H groups in total. The minimum absolute atomic E-state index is 0.00790. The summed E-state index contributed by atoms with van der Waals surface area (Å²) >= 11 is 0.